The molecule has 0 spiro atoms. The molecule has 6 heteroatoms. The first-order valence-corrected chi connectivity index (χ1v) is 6.30. The quantitative estimate of drug-likeness (QED) is 0.770. The molecule has 0 atom stereocenters. The molecule has 0 fully saturated rings. The number of carboxylic acid groups (broad SMARTS) is 1. The number of nitrogens with zero attached hydrogens (tertiary/aromatic N) is 2. The van der Waals surface area contributed by atoms with E-state index in [1.54, 1.807) is 31.5 Å². The fourth-order valence-electron chi connectivity index (χ4n) is 2.12. The van der Waals surface area contributed by atoms with Crippen molar-refractivity contribution in [3.63, 3.8) is 0 Å². The van der Waals surface area contributed by atoms with Crippen molar-refractivity contribution in [1.82, 2.24) is 9.38 Å². The van der Waals surface area contributed by atoms with Crippen molar-refractivity contribution >= 4 is 23.1 Å². The van der Waals surface area contributed by atoms with Gasteiger partial charge in [0.2, 0.25) is 0 Å². The highest BCUT2D eigenvalue weighted by atomic mass is 16.5. The summed E-state index contributed by atoms with van der Waals surface area (Å²) in [5, 5.41) is 12.4. The number of ether oxygens (including phenoxy) is 1. The maximum absolute atomic E-state index is 11.5. The third-order valence-electron chi connectivity index (χ3n) is 3.06. The highest BCUT2D eigenvalue weighted by molar-refractivity contribution is 5.93. The molecule has 0 saturated heterocycles. The molecule has 0 amide bonds. The van der Waals surface area contributed by atoms with E-state index in [1.165, 1.54) is 4.40 Å². The Bertz CT molecular complexity index is 811. The summed E-state index contributed by atoms with van der Waals surface area (Å²) in [6, 6.07) is 12.5. The summed E-state index contributed by atoms with van der Waals surface area (Å²) in [4.78, 5) is 15.8. The van der Waals surface area contributed by atoms with Gasteiger partial charge in [0.25, 0.3) is 0 Å². The van der Waals surface area contributed by atoms with E-state index in [4.69, 9.17) is 4.74 Å². The number of pyridine rings is 1. The van der Waals surface area contributed by atoms with E-state index in [1.807, 2.05) is 24.3 Å². The third-order valence-corrected chi connectivity index (χ3v) is 3.06. The zero-order chi connectivity index (χ0) is 14.8. The van der Waals surface area contributed by atoms with Gasteiger partial charge in [-0.15, -0.1) is 0 Å². The summed E-state index contributed by atoms with van der Waals surface area (Å²) in [7, 11) is 1.58. The zero-order valence-corrected chi connectivity index (χ0v) is 11.3. The van der Waals surface area contributed by atoms with Gasteiger partial charge in [0.15, 0.2) is 11.5 Å². The van der Waals surface area contributed by atoms with E-state index < -0.39 is 5.97 Å². The van der Waals surface area contributed by atoms with Gasteiger partial charge in [-0.25, -0.2) is 9.78 Å². The van der Waals surface area contributed by atoms with E-state index in [2.05, 4.69) is 10.3 Å². The Kier molecular flexibility index (Phi) is 3.19. The Morgan fingerprint density at radius 3 is 2.90 bits per heavy atom. The molecule has 0 unspecified atom stereocenters. The van der Waals surface area contributed by atoms with E-state index in [0.717, 1.165) is 0 Å². The summed E-state index contributed by atoms with van der Waals surface area (Å²) in [6.45, 7) is 0. The van der Waals surface area contributed by atoms with Crippen LogP contribution in [0.25, 0.3) is 5.65 Å². The van der Waals surface area contributed by atoms with Gasteiger partial charge in [0.1, 0.15) is 11.4 Å². The molecule has 0 radical (unpaired) electrons. The van der Waals surface area contributed by atoms with Crippen LogP contribution in [0.15, 0.2) is 48.7 Å². The Labute approximate surface area is 120 Å². The molecule has 2 heterocycles. The van der Waals surface area contributed by atoms with Crippen LogP contribution >= 0.6 is 0 Å². The highest BCUT2D eigenvalue weighted by Gasteiger charge is 2.18. The number of fused-ring (bicyclic) bond motifs is 1. The summed E-state index contributed by atoms with van der Waals surface area (Å²) in [5.74, 6) is -0.0679. The van der Waals surface area contributed by atoms with Crippen LogP contribution in [-0.4, -0.2) is 27.6 Å². The number of aromatic carboxylic acids is 1. The van der Waals surface area contributed by atoms with Crippen molar-refractivity contribution < 1.29 is 14.6 Å². The van der Waals surface area contributed by atoms with Gasteiger partial charge in [-0.1, -0.05) is 12.1 Å². The summed E-state index contributed by atoms with van der Waals surface area (Å²) in [5.41, 5.74) is 1.37. The maximum atomic E-state index is 11.5. The predicted octanol–water partition coefficient (Wildman–Crippen LogP) is 2.78. The molecule has 0 aliphatic heterocycles. The van der Waals surface area contributed by atoms with Crippen molar-refractivity contribution in [3.8, 4) is 5.75 Å². The first-order chi connectivity index (χ1) is 10.2. The van der Waals surface area contributed by atoms with Gasteiger partial charge in [0.05, 0.1) is 7.11 Å². The van der Waals surface area contributed by atoms with Gasteiger partial charge >= 0.3 is 5.97 Å². The number of rotatable bonds is 4. The van der Waals surface area contributed by atoms with Crippen LogP contribution in [0, 0.1) is 0 Å². The second kappa shape index (κ2) is 5.16. The van der Waals surface area contributed by atoms with E-state index in [9.17, 15) is 9.90 Å². The van der Waals surface area contributed by atoms with Crippen LogP contribution in [0.3, 0.4) is 0 Å². The maximum Gasteiger partial charge on any atom is 0.356 e. The minimum Gasteiger partial charge on any atom is -0.497 e. The largest absolute Gasteiger partial charge is 0.497 e. The molecule has 0 aliphatic rings. The van der Waals surface area contributed by atoms with Crippen LogP contribution in [0.1, 0.15) is 10.5 Å². The Balaban J connectivity index is 2.07. The molecular weight excluding hydrogens is 270 g/mol. The first-order valence-electron chi connectivity index (χ1n) is 6.30. The number of carbonyl (C=O) groups is 1. The Hall–Kier alpha value is -3.02. The number of hydrogen-bond donors (Lipinski definition) is 2. The van der Waals surface area contributed by atoms with Gasteiger partial charge in [-0.3, -0.25) is 4.40 Å². The fraction of sp³-hybridized carbons (Fsp3) is 0.0667. The Morgan fingerprint density at radius 1 is 1.29 bits per heavy atom. The van der Waals surface area contributed by atoms with Gasteiger partial charge < -0.3 is 15.2 Å². The van der Waals surface area contributed by atoms with Gasteiger partial charge in [0, 0.05) is 18.0 Å². The minimum absolute atomic E-state index is 0.0911. The molecule has 2 N–H and O–H groups in total. The smallest absolute Gasteiger partial charge is 0.356 e. The molecule has 3 aromatic rings. The van der Waals surface area contributed by atoms with Crippen LogP contribution in [0.4, 0.5) is 11.5 Å². The standard InChI is InChI=1S/C15H13N3O3/c1-21-11-6-4-5-10(9-11)16-14-13(15(19)20)18-8-3-2-7-12(18)17-14/h2-9,16H,1H3,(H,19,20). The molecule has 0 saturated carbocycles. The number of carboxylic acids is 1. The molecule has 0 aliphatic carbocycles. The van der Waals surface area contributed by atoms with Crippen molar-refractivity contribution in [3.05, 3.63) is 54.4 Å². The molecule has 21 heavy (non-hydrogen) atoms. The van der Waals surface area contributed by atoms with Crippen LogP contribution in [-0.2, 0) is 0 Å². The van der Waals surface area contributed by atoms with Crippen molar-refractivity contribution in [2.24, 2.45) is 0 Å². The second-order valence-corrected chi connectivity index (χ2v) is 4.40. The predicted molar refractivity (Wildman–Crippen MR) is 78.4 cm³/mol. The lowest BCUT2D eigenvalue weighted by Gasteiger charge is -2.06. The molecule has 2 aromatic heterocycles. The molecule has 106 valence electrons. The number of methoxy groups -OCH3 is 1. The van der Waals surface area contributed by atoms with Crippen molar-refractivity contribution in [1.29, 1.82) is 0 Å². The number of hydrogen-bond acceptors (Lipinski definition) is 4. The van der Waals surface area contributed by atoms with Crippen LogP contribution in [0.2, 0.25) is 0 Å². The number of aromatic nitrogens is 2. The summed E-state index contributed by atoms with van der Waals surface area (Å²) in [6.07, 6.45) is 1.67. The first kappa shape index (κ1) is 13.0. The topological polar surface area (TPSA) is 75.9 Å². The minimum atomic E-state index is -1.04. The van der Waals surface area contributed by atoms with Crippen molar-refractivity contribution in [2.75, 3.05) is 12.4 Å². The lowest BCUT2D eigenvalue weighted by Crippen LogP contribution is -2.05. The van der Waals surface area contributed by atoms with E-state index in [-0.39, 0.29) is 5.69 Å². The van der Waals surface area contributed by atoms with E-state index >= 15 is 0 Å². The van der Waals surface area contributed by atoms with Crippen LogP contribution in [0.5, 0.6) is 5.75 Å². The molecule has 6 nitrogen and oxygen atoms in total. The highest BCUT2D eigenvalue weighted by Crippen LogP contribution is 2.24. The number of benzene rings is 1. The lowest BCUT2D eigenvalue weighted by molar-refractivity contribution is 0.0690. The third kappa shape index (κ3) is 2.38. The normalized spacial score (nSPS) is 10.5. The molecular formula is C15H13N3O3. The lowest BCUT2D eigenvalue weighted by atomic mass is 10.3. The van der Waals surface area contributed by atoms with Crippen LogP contribution < -0.4 is 10.1 Å². The van der Waals surface area contributed by atoms with Crippen molar-refractivity contribution in [2.45, 2.75) is 0 Å². The monoisotopic (exact) mass is 283 g/mol. The Morgan fingerprint density at radius 2 is 2.14 bits per heavy atom. The fourth-order valence-corrected chi connectivity index (χ4v) is 2.12. The zero-order valence-electron chi connectivity index (χ0n) is 11.3. The number of nitrogens with one attached hydrogen (secondary N) is 1. The van der Waals surface area contributed by atoms with Gasteiger partial charge in [-0.05, 0) is 24.3 Å². The molecule has 0 bridgehead atoms. The van der Waals surface area contributed by atoms with E-state index in [0.29, 0.717) is 22.9 Å². The average Bonchev–Trinajstić information content (AvgIpc) is 2.85. The second-order valence-electron chi connectivity index (χ2n) is 4.40. The SMILES string of the molecule is COc1cccc(Nc2nc3ccccn3c2C(=O)O)c1. The summed E-state index contributed by atoms with van der Waals surface area (Å²) < 4.78 is 6.68. The molecule has 3 rings (SSSR count). The van der Waals surface area contributed by atoms with Gasteiger partial charge in [-0.2, -0.15) is 0 Å². The number of imidazole rings is 1. The summed E-state index contributed by atoms with van der Waals surface area (Å²) >= 11 is 0. The average molecular weight is 283 g/mol. The molecule has 1 aromatic carbocycles. The number of anilines is 2.